The van der Waals surface area contributed by atoms with Gasteiger partial charge < -0.3 is 9.88 Å². The maximum Gasteiger partial charge on any atom is 0.254 e. The summed E-state index contributed by atoms with van der Waals surface area (Å²) in [5, 5.41) is 1.19. The fourth-order valence-corrected chi connectivity index (χ4v) is 4.32. The summed E-state index contributed by atoms with van der Waals surface area (Å²) < 4.78 is 23.7. The van der Waals surface area contributed by atoms with E-state index in [1.165, 1.54) is 22.6 Å². The first-order chi connectivity index (χ1) is 13.3. The van der Waals surface area contributed by atoms with Crippen LogP contribution in [0.5, 0.6) is 0 Å². The number of amides is 1. The minimum atomic E-state index is -3.35. The van der Waals surface area contributed by atoms with Crippen molar-refractivity contribution in [2.45, 2.75) is 18.2 Å². The molecule has 1 N–H and O–H groups in total. The monoisotopic (exact) mass is 394 g/mol. The second-order valence-electron chi connectivity index (χ2n) is 7.23. The fraction of sp³-hybridized carbons (Fsp3) is 0.227. The first-order valence-electron chi connectivity index (χ1n) is 9.20. The number of benzene rings is 2. The number of nitrogens with zero attached hydrogens (tertiary/aromatic N) is 1. The molecular weight excluding hydrogens is 372 g/mol. The molecule has 4 rings (SSSR count). The Morgan fingerprint density at radius 3 is 2.64 bits per heavy atom. The van der Waals surface area contributed by atoms with Gasteiger partial charge in [0.05, 0.1) is 4.90 Å². The second kappa shape index (κ2) is 6.95. The summed E-state index contributed by atoms with van der Waals surface area (Å²) in [6.45, 7) is 2.94. The number of aromatic amines is 1. The van der Waals surface area contributed by atoms with Crippen LogP contribution in [0.25, 0.3) is 16.5 Å². The molecule has 0 saturated heterocycles. The summed E-state index contributed by atoms with van der Waals surface area (Å²) in [5.74, 6) is -0.128. The van der Waals surface area contributed by atoms with Gasteiger partial charge in [0.2, 0.25) is 0 Å². The van der Waals surface area contributed by atoms with Gasteiger partial charge in [-0.2, -0.15) is 0 Å². The average molecular weight is 394 g/mol. The van der Waals surface area contributed by atoms with Crippen molar-refractivity contribution in [1.82, 2.24) is 9.88 Å². The van der Waals surface area contributed by atoms with Crippen LogP contribution in [0.4, 0.5) is 0 Å². The van der Waals surface area contributed by atoms with E-state index in [1.807, 2.05) is 25.3 Å². The van der Waals surface area contributed by atoms with E-state index in [0.29, 0.717) is 18.7 Å². The number of H-pyrrole nitrogens is 1. The number of hydrogen-bond acceptors (Lipinski definition) is 3. The molecule has 5 nitrogen and oxygen atoms in total. The summed E-state index contributed by atoms with van der Waals surface area (Å²) in [6.07, 6.45) is 6.03. The smallest absolute Gasteiger partial charge is 0.254 e. The molecule has 1 aliphatic heterocycles. The Hall–Kier alpha value is -2.86. The Morgan fingerprint density at radius 1 is 1.14 bits per heavy atom. The van der Waals surface area contributed by atoms with Gasteiger partial charge in [-0.05, 0) is 42.7 Å². The van der Waals surface area contributed by atoms with E-state index in [1.54, 1.807) is 17.0 Å². The molecule has 0 atom stereocenters. The first kappa shape index (κ1) is 18.5. The van der Waals surface area contributed by atoms with Crippen molar-refractivity contribution in [3.8, 4) is 0 Å². The highest BCUT2D eigenvalue weighted by molar-refractivity contribution is 7.90. The largest absolute Gasteiger partial charge is 0.361 e. The van der Waals surface area contributed by atoms with Crippen LogP contribution in [0.1, 0.15) is 27.9 Å². The molecule has 0 unspecified atom stereocenters. The Morgan fingerprint density at radius 2 is 1.93 bits per heavy atom. The molecule has 144 valence electrons. The summed E-state index contributed by atoms with van der Waals surface area (Å²) in [5.41, 5.74) is 4.74. The molecule has 6 heteroatoms. The number of nitrogens with one attached hydrogen (secondary N) is 1. The molecule has 0 fully saturated rings. The minimum absolute atomic E-state index is 0.128. The summed E-state index contributed by atoms with van der Waals surface area (Å²) in [7, 11) is -3.35. The third-order valence-corrected chi connectivity index (χ3v) is 6.41. The predicted octanol–water partition coefficient (Wildman–Crippen LogP) is 3.81. The van der Waals surface area contributed by atoms with Gasteiger partial charge in [-0.15, -0.1) is 0 Å². The van der Waals surface area contributed by atoms with E-state index >= 15 is 0 Å². The zero-order chi connectivity index (χ0) is 19.9. The molecule has 1 aromatic heterocycles. The number of para-hydroxylation sites is 1. The highest BCUT2D eigenvalue weighted by Gasteiger charge is 2.23. The molecule has 28 heavy (non-hydrogen) atoms. The number of sulfone groups is 1. The summed E-state index contributed by atoms with van der Waals surface area (Å²) >= 11 is 0. The predicted molar refractivity (Wildman–Crippen MR) is 111 cm³/mol. The van der Waals surface area contributed by atoms with Gasteiger partial charge in [0.15, 0.2) is 9.84 Å². The van der Waals surface area contributed by atoms with E-state index in [9.17, 15) is 13.2 Å². The number of fused-ring (bicyclic) bond motifs is 1. The lowest BCUT2D eigenvalue weighted by atomic mass is 9.98. The van der Waals surface area contributed by atoms with Crippen LogP contribution in [-0.4, -0.2) is 43.6 Å². The van der Waals surface area contributed by atoms with Crippen LogP contribution in [-0.2, 0) is 9.84 Å². The van der Waals surface area contributed by atoms with Gasteiger partial charge >= 0.3 is 0 Å². The number of aromatic nitrogens is 1. The maximum atomic E-state index is 13.0. The molecule has 2 heterocycles. The van der Waals surface area contributed by atoms with Crippen molar-refractivity contribution in [1.29, 1.82) is 0 Å². The van der Waals surface area contributed by atoms with Crippen LogP contribution < -0.4 is 0 Å². The van der Waals surface area contributed by atoms with E-state index < -0.39 is 9.84 Å². The third-order valence-electron chi connectivity index (χ3n) is 5.30. The van der Waals surface area contributed by atoms with Crippen LogP contribution in [0.2, 0.25) is 0 Å². The zero-order valence-corrected chi connectivity index (χ0v) is 16.7. The molecule has 0 saturated carbocycles. The van der Waals surface area contributed by atoms with Crippen molar-refractivity contribution in [2.75, 3.05) is 19.3 Å². The summed E-state index contributed by atoms with van der Waals surface area (Å²) in [6, 6.07) is 12.9. The van der Waals surface area contributed by atoms with Gasteiger partial charge in [0.1, 0.15) is 0 Å². The highest BCUT2D eigenvalue weighted by Crippen LogP contribution is 2.29. The van der Waals surface area contributed by atoms with E-state index in [-0.39, 0.29) is 10.8 Å². The molecule has 1 aliphatic rings. The average Bonchev–Trinajstić information content (AvgIpc) is 3.11. The number of aryl methyl sites for hydroxylation is 1. The Balaban J connectivity index is 1.59. The fourth-order valence-electron chi connectivity index (χ4n) is 3.67. The van der Waals surface area contributed by atoms with Crippen molar-refractivity contribution in [3.63, 3.8) is 0 Å². The number of rotatable bonds is 3. The standard InChI is InChI=1S/C22H22N2O3S/c1-15-7-8-17(28(2,26)27)13-19(15)22(25)24-11-9-16(10-12-24)20-14-23-21-6-4-3-5-18(20)21/h3-9,13-14,23H,10-12H2,1-2H3. The number of carbonyl (C=O) groups excluding carboxylic acids is 1. The van der Waals surface area contributed by atoms with Crippen molar-refractivity contribution in [2.24, 2.45) is 0 Å². The molecule has 0 aliphatic carbocycles. The van der Waals surface area contributed by atoms with Crippen LogP contribution in [0, 0.1) is 6.92 Å². The van der Waals surface area contributed by atoms with Gasteiger partial charge in [0.25, 0.3) is 5.91 Å². The quantitative estimate of drug-likeness (QED) is 0.734. The van der Waals surface area contributed by atoms with Crippen LogP contribution >= 0.6 is 0 Å². The number of carbonyl (C=O) groups is 1. The Labute approximate surface area is 164 Å². The third kappa shape index (κ3) is 3.36. The van der Waals surface area contributed by atoms with Gasteiger partial charge in [-0.3, -0.25) is 4.79 Å². The van der Waals surface area contributed by atoms with Gasteiger partial charge in [0, 0.05) is 47.6 Å². The van der Waals surface area contributed by atoms with Gasteiger partial charge in [-0.1, -0.05) is 30.3 Å². The van der Waals surface area contributed by atoms with Crippen LogP contribution in [0.15, 0.2) is 59.6 Å². The molecular formula is C22H22N2O3S. The lowest BCUT2D eigenvalue weighted by molar-refractivity contribution is 0.0772. The van der Waals surface area contributed by atoms with Crippen molar-refractivity contribution < 1.29 is 13.2 Å². The lowest BCUT2D eigenvalue weighted by Gasteiger charge is -2.27. The SMILES string of the molecule is Cc1ccc(S(C)(=O)=O)cc1C(=O)N1CC=C(c2c[nH]c3ccccc23)CC1. The normalized spacial score (nSPS) is 14.9. The second-order valence-corrected chi connectivity index (χ2v) is 9.24. The van der Waals surface area contributed by atoms with Gasteiger partial charge in [-0.25, -0.2) is 8.42 Å². The van der Waals surface area contributed by atoms with E-state index in [0.717, 1.165) is 23.8 Å². The number of hydrogen-bond donors (Lipinski definition) is 1. The van der Waals surface area contributed by atoms with E-state index in [2.05, 4.69) is 23.2 Å². The van der Waals surface area contributed by atoms with Crippen LogP contribution in [0.3, 0.4) is 0 Å². The minimum Gasteiger partial charge on any atom is -0.361 e. The highest BCUT2D eigenvalue weighted by atomic mass is 32.2. The topological polar surface area (TPSA) is 70.2 Å². The molecule has 0 bridgehead atoms. The summed E-state index contributed by atoms with van der Waals surface area (Å²) in [4.78, 5) is 18.2. The van der Waals surface area contributed by atoms with Crippen molar-refractivity contribution in [3.05, 3.63) is 71.4 Å². The zero-order valence-electron chi connectivity index (χ0n) is 15.9. The first-order valence-corrected chi connectivity index (χ1v) is 11.1. The van der Waals surface area contributed by atoms with Crippen molar-refractivity contribution >= 4 is 32.2 Å². The maximum absolute atomic E-state index is 13.0. The van der Waals surface area contributed by atoms with E-state index in [4.69, 9.17) is 0 Å². The molecule has 3 aromatic rings. The molecule has 0 radical (unpaired) electrons. The molecule has 2 aromatic carbocycles. The Bertz CT molecular complexity index is 1210. The Kier molecular flexibility index (Phi) is 4.59. The molecule has 1 amide bonds. The lowest BCUT2D eigenvalue weighted by Crippen LogP contribution is -2.35. The molecule has 0 spiro atoms.